The molecule has 2 unspecified atom stereocenters. The van der Waals surface area contributed by atoms with Crippen molar-refractivity contribution in [2.45, 2.75) is 30.5 Å². The molecule has 10 nitrogen and oxygen atoms in total. The summed E-state index contributed by atoms with van der Waals surface area (Å²) < 4.78 is 16.9. The summed E-state index contributed by atoms with van der Waals surface area (Å²) in [7, 11) is 1.29. The monoisotopic (exact) mass is 446 g/mol. The van der Waals surface area contributed by atoms with E-state index in [9.17, 15) is 35.4 Å². The molecule has 0 radical (unpaired) electrons. The second kappa shape index (κ2) is 8.41. The first kappa shape index (κ1) is 22.1. The number of fused-ring (bicyclic) bond motifs is 1. The largest absolute Gasteiger partial charge is 0.508 e. The highest BCUT2D eigenvalue weighted by atomic mass is 16.5. The van der Waals surface area contributed by atoms with Crippen LogP contribution in [-0.4, -0.2) is 68.8 Å². The fourth-order valence-corrected chi connectivity index (χ4v) is 3.86. The molecule has 1 aromatic heterocycles. The fraction of sp³-hybridized carbons (Fsp3) is 0.318. The molecule has 0 spiro atoms. The predicted molar refractivity (Wildman–Crippen MR) is 111 cm³/mol. The van der Waals surface area contributed by atoms with Crippen LogP contribution in [0, 0.1) is 0 Å². The summed E-state index contributed by atoms with van der Waals surface area (Å²) in [5.41, 5.74) is -0.305. The Balaban J connectivity index is 1.99. The van der Waals surface area contributed by atoms with Gasteiger partial charge in [-0.15, -0.1) is 0 Å². The van der Waals surface area contributed by atoms with E-state index < -0.39 is 48.3 Å². The van der Waals surface area contributed by atoms with Crippen LogP contribution in [0.25, 0.3) is 22.3 Å². The first-order valence-corrected chi connectivity index (χ1v) is 9.74. The first-order valence-electron chi connectivity index (χ1n) is 9.74. The van der Waals surface area contributed by atoms with Crippen LogP contribution in [0.3, 0.4) is 0 Å². The lowest BCUT2D eigenvalue weighted by molar-refractivity contribution is -0.231. The Bertz CT molecular complexity index is 1180. The van der Waals surface area contributed by atoms with Crippen molar-refractivity contribution in [1.82, 2.24) is 0 Å². The molecule has 0 bridgehead atoms. The standard InChI is InChI=1S/C22H22O10/c1-30-14-7-12(26)16-11(25)6-13(9-2-4-10(24)5-3-9)31-21(16)17(14)22-20(29)19(28)18(27)15(8-23)32-22/h2-7,15,18-20,22-24,26-29H,8H2,1H3/t15?,18-,19-,20?,22-/m0/s1. The summed E-state index contributed by atoms with van der Waals surface area (Å²) in [6.07, 6.45) is -7.51. The normalized spacial score (nSPS) is 25.7. The van der Waals surface area contributed by atoms with Crippen LogP contribution in [0.5, 0.6) is 17.2 Å². The molecular formula is C22H22O10. The van der Waals surface area contributed by atoms with Crippen molar-refractivity contribution in [3.05, 3.63) is 52.2 Å². The minimum absolute atomic E-state index is 0.00895. The Morgan fingerprint density at radius 1 is 1.00 bits per heavy atom. The number of aromatic hydroxyl groups is 2. The second-order valence-electron chi connectivity index (χ2n) is 7.49. The Morgan fingerprint density at radius 2 is 1.69 bits per heavy atom. The summed E-state index contributed by atoms with van der Waals surface area (Å²) in [5.74, 6) is -0.333. The Morgan fingerprint density at radius 3 is 2.31 bits per heavy atom. The molecule has 3 aromatic rings. The van der Waals surface area contributed by atoms with Crippen LogP contribution in [0.2, 0.25) is 0 Å². The van der Waals surface area contributed by atoms with E-state index in [4.69, 9.17) is 13.9 Å². The van der Waals surface area contributed by atoms with Gasteiger partial charge in [-0.05, 0) is 24.3 Å². The minimum atomic E-state index is -1.67. The van der Waals surface area contributed by atoms with E-state index in [0.29, 0.717) is 5.56 Å². The van der Waals surface area contributed by atoms with Crippen LogP contribution in [0.15, 0.2) is 45.6 Å². The number of hydrogen-bond acceptors (Lipinski definition) is 10. The second-order valence-corrected chi connectivity index (χ2v) is 7.49. The lowest BCUT2D eigenvalue weighted by Crippen LogP contribution is -2.55. The Hall–Kier alpha value is -3.15. The first-order chi connectivity index (χ1) is 15.3. The molecular weight excluding hydrogens is 424 g/mol. The zero-order valence-electron chi connectivity index (χ0n) is 16.9. The average Bonchev–Trinajstić information content (AvgIpc) is 2.78. The highest BCUT2D eigenvalue weighted by Crippen LogP contribution is 2.44. The van der Waals surface area contributed by atoms with Gasteiger partial charge in [0, 0.05) is 17.7 Å². The van der Waals surface area contributed by atoms with Gasteiger partial charge in [-0.1, -0.05) is 0 Å². The topological polar surface area (TPSA) is 170 Å². The maximum atomic E-state index is 12.9. The van der Waals surface area contributed by atoms with Gasteiger partial charge in [0.05, 0.1) is 19.3 Å². The molecule has 5 atom stereocenters. The third-order valence-electron chi connectivity index (χ3n) is 5.53. The molecule has 32 heavy (non-hydrogen) atoms. The molecule has 1 fully saturated rings. The van der Waals surface area contributed by atoms with Crippen molar-refractivity contribution in [3.63, 3.8) is 0 Å². The van der Waals surface area contributed by atoms with Gasteiger partial charge < -0.3 is 44.5 Å². The van der Waals surface area contributed by atoms with Gasteiger partial charge in [-0.2, -0.15) is 0 Å². The molecule has 4 rings (SSSR count). The van der Waals surface area contributed by atoms with Crippen molar-refractivity contribution < 1.29 is 44.5 Å². The average molecular weight is 446 g/mol. The summed E-state index contributed by atoms with van der Waals surface area (Å²) in [4.78, 5) is 12.9. The van der Waals surface area contributed by atoms with Crippen molar-refractivity contribution in [1.29, 1.82) is 0 Å². The summed E-state index contributed by atoms with van der Waals surface area (Å²) in [5, 5.41) is 60.2. The number of methoxy groups -OCH3 is 1. The molecule has 1 aliphatic heterocycles. The summed E-state index contributed by atoms with van der Waals surface area (Å²) in [6, 6.07) is 8.16. The molecule has 0 saturated carbocycles. The van der Waals surface area contributed by atoms with Crippen molar-refractivity contribution in [2.75, 3.05) is 13.7 Å². The Labute approximate surface area is 181 Å². The molecule has 170 valence electrons. The van der Waals surface area contributed by atoms with E-state index in [1.807, 2.05) is 0 Å². The number of phenols is 2. The van der Waals surface area contributed by atoms with Gasteiger partial charge in [-0.25, -0.2) is 0 Å². The number of phenolic OH excluding ortho intramolecular Hbond substituents is 2. The number of rotatable bonds is 4. The van der Waals surface area contributed by atoms with Crippen molar-refractivity contribution >= 4 is 11.0 Å². The third kappa shape index (κ3) is 3.57. The van der Waals surface area contributed by atoms with Crippen LogP contribution in [0.4, 0.5) is 0 Å². The maximum absolute atomic E-state index is 12.9. The van der Waals surface area contributed by atoms with E-state index in [0.717, 1.165) is 12.1 Å². The van der Waals surface area contributed by atoms with Crippen LogP contribution >= 0.6 is 0 Å². The highest BCUT2D eigenvalue weighted by Gasteiger charge is 2.46. The SMILES string of the molecule is COc1cc(O)c2c(=O)cc(-c3ccc(O)cc3)oc2c1[C@@H]1OC(CO)[C@H](O)[C@H](O)C1O. The summed E-state index contributed by atoms with van der Waals surface area (Å²) in [6.45, 7) is -0.650. The van der Waals surface area contributed by atoms with E-state index >= 15 is 0 Å². The zero-order chi connectivity index (χ0) is 23.2. The van der Waals surface area contributed by atoms with Gasteiger partial charge in [0.2, 0.25) is 0 Å². The molecule has 1 saturated heterocycles. The molecule has 0 amide bonds. The lowest BCUT2D eigenvalue weighted by Gasteiger charge is -2.40. The van der Waals surface area contributed by atoms with Crippen LogP contribution in [-0.2, 0) is 4.74 Å². The van der Waals surface area contributed by atoms with Gasteiger partial charge in [-0.3, -0.25) is 4.79 Å². The fourth-order valence-electron chi connectivity index (χ4n) is 3.86. The van der Waals surface area contributed by atoms with Crippen molar-refractivity contribution in [3.8, 4) is 28.6 Å². The van der Waals surface area contributed by atoms with Gasteiger partial charge in [0.1, 0.15) is 58.9 Å². The third-order valence-corrected chi connectivity index (χ3v) is 5.53. The molecule has 6 N–H and O–H groups in total. The maximum Gasteiger partial charge on any atom is 0.197 e. The smallest absolute Gasteiger partial charge is 0.197 e. The molecule has 0 aliphatic carbocycles. The summed E-state index contributed by atoms with van der Waals surface area (Å²) >= 11 is 0. The quantitative estimate of drug-likeness (QED) is 0.330. The number of benzene rings is 2. The number of ether oxygens (including phenoxy) is 2. The zero-order valence-corrected chi connectivity index (χ0v) is 16.9. The van der Waals surface area contributed by atoms with E-state index in [1.54, 1.807) is 0 Å². The van der Waals surface area contributed by atoms with Crippen LogP contribution in [0.1, 0.15) is 11.7 Å². The molecule has 10 heteroatoms. The van der Waals surface area contributed by atoms with E-state index in [1.165, 1.54) is 31.4 Å². The van der Waals surface area contributed by atoms with Crippen molar-refractivity contribution in [2.24, 2.45) is 0 Å². The number of hydrogen-bond donors (Lipinski definition) is 6. The van der Waals surface area contributed by atoms with E-state index in [-0.39, 0.29) is 33.8 Å². The molecule has 2 heterocycles. The number of aliphatic hydroxyl groups excluding tert-OH is 4. The molecule has 2 aromatic carbocycles. The lowest BCUT2D eigenvalue weighted by atomic mass is 9.89. The minimum Gasteiger partial charge on any atom is -0.508 e. The van der Waals surface area contributed by atoms with Crippen LogP contribution < -0.4 is 10.2 Å². The van der Waals surface area contributed by atoms with Gasteiger partial charge >= 0.3 is 0 Å². The Kier molecular flexibility index (Phi) is 5.80. The van der Waals surface area contributed by atoms with E-state index in [2.05, 4.69) is 0 Å². The highest BCUT2D eigenvalue weighted by molar-refractivity contribution is 5.89. The van der Waals surface area contributed by atoms with Gasteiger partial charge in [0.25, 0.3) is 0 Å². The molecule has 1 aliphatic rings. The number of aliphatic hydroxyl groups is 4. The van der Waals surface area contributed by atoms with Gasteiger partial charge in [0.15, 0.2) is 11.0 Å². The predicted octanol–water partition coefficient (Wildman–Crippen LogP) is 0.395.